The normalized spacial score (nSPS) is 18.1. The minimum atomic E-state index is 0.0207. The Balaban J connectivity index is 1.85. The Morgan fingerprint density at radius 2 is 2.36 bits per heavy atom. The number of amides is 2. The fraction of sp³-hybridized carbons (Fsp3) is 0.588. The Bertz CT molecular complexity index is 479. The highest BCUT2D eigenvalue weighted by atomic mass is 16.5. The molecule has 1 aliphatic heterocycles. The molecule has 1 fully saturated rings. The molecule has 1 atom stereocenters. The van der Waals surface area contributed by atoms with Crippen molar-refractivity contribution >= 4 is 6.03 Å². The number of nitrogens with zero attached hydrogens (tertiary/aromatic N) is 1. The molecule has 1 aliphatic rings. The molecule has 5 nitrogen and oxygen atoms in total. The summed E-state index contributed by atoms with van der Waals surface area (Å²) in [7, 11) is 1.67. The number of urea groups is 1. The molecule has 0 radical (unpaired) electrons. The van der Waals surface area contributed by atoms with Gasteiger partial charge in [-0.2, -0.15) is 0 Å². The fourth-order valence-corrected chi connectivity index (χ4v) is 2.57. The van der Waals surface area contributed by atoms with Crippen LogP contribution in [0.3, 0.4) is 0 Å². The van der Waals surface area contributed by atoms with Gasteiger partial charge < -0.3 is 19.7 Å². The van der Waals surface area contributed by atoms with E-state index >= 15 is 0 Å². The lowest BCUT2D eigenvalue weighted by atomic mass is 10.1. The Hall–Kier alpha value is -1.75. The van der Waals surface area contributed by atoms with E-state index in [1.54, 1.807) is 7.11 Å². The second kappa shape index (κ2) is 8.63. The third-order valence-corrected chi connectivity index (χ3v) is 3.83. The van der Waals surface area contributed by atoms with Crippen molar-refractivity contribution in [2.75, 3.05) is 33.4 Å². The summed E-state index contributed by atoms with van der Waals surface area (Å²) in [5.74, 6) is 0.850. The highest BCUT2D eigenvalue weighted by Crippen LogP contribution is 2.17. The number of carbonyl (C=O) groups is 1. The summed E-state index contributed by atoms with van der Waals surface area (Å²) in [4.78, 5) is 14.0. The maximum absolute atomic E-state index is 12.1. The highest BCUT2D eigenvalue weighted by molar-refractivity contribution is 5.74. The molecule has 1 N–H and O–H groups in total. The van der Waals surface area contributed by atoms with Crippen LogP contribution in [0.1, 0.15) is 25.3 Å². The van der Waals surface area contributed by atoms with Crippen molar-refractivity contribution in [3.05, 3.63) is 29.8 Å². The van der Waals surface area contributed by atoms with Crippen LogP contribution < -0.4 is 10.1 Å². The Morgan fingerprint density at radius 1 is 1.50 bits per heavy atom. The molecule has 1 aromatic rings. The number of hydrogen-bond donors (Lipinski definition) is 1. The Kier molecular flexibility index (Phi) is 6.52. The number of nitrogens with one attached hydrogen (secondary N) is 1. The Labute approximate surface area is 132 Å². The summed E-state index contributed by atoms with van der Waals surface area (Å²) in [6.45, 7) is 4.75. The van der Waals surface area contributed by atoms with E-state index < -0.39 is 0 Å². The largest absolute Gasteiger partial charge is 0.497 e. The van der Waals surface area contributed by atoms with Gasteiger partial charge in [0.15, 0.2) is 0 Å². The second-order valence-electron chi connectivity index (χ2n) is 5.58. The van der Waals surface area contributed by atoms with Crippen LogP contribution in [0.5, 0.6) is 5.75 Å². The summed E-state index contributed by atoms with van der Waals surface area (Å²) >= 11 is 0. The van der Waals surface area contributed by atoms with Crippen LogP contribution in [-0.4, -0.2) is 50.4 Å². The quantitative estimate of drug-likeness (QED) is 0.821. The molecule has 22 heavy (non-hydrogen) atoms. The van der Waals surface area contributed by atoms with E-state index in [9.17, 15) is 4.79 Å². The smallest absolute Gasteiger partial charge is 0.317 e. The van der Waals surface area contributed by atoms with Crippen LogP contribution in [0.4, 0.5) is 4.79 Å². The van der Waals surface area contributed by atoms with Gasteiger partial charge in [-0.1, -0.05) is 25.5 Å². The molecule has 1 heterocycles. The average molecular weight is 306 g/mol. The molecule has 2 amide bonds. The molecular weight excluding hydrogens is 280 g/mol. The molecule has 1 aromatic carbocycles. The van der Waals surface area contributed by atoms with Crippen molar-refractivity contribution in [2.24, 2.45) is 0 Å². The molecule has 2 rings (SSSR count). The van der Waals surface area contributed by atoms with Gasteiger partial charge in [-0.05, 0) is 24.1 Å². The first kappa shape index (κ1) is 16.6. The maximum Gasteiger partial charge on any atom is 0.317 e. The van der Waals surface area contributed by atoms with E-state index in [1.165, 1.54) is 0 Å². The predicted molar refractivity (Wildman–Crippen MR) is 86.3 cm³/mol. The van der Waals surface area contributed by atoms with Gasteiger partial charge >= 0.3 is 6.03 Å². The standard InChI is InChI=1S/C17H26N2O3/c1-3-4-8-18-17(20)19-9-10-22-16(13-19)12-14-6-5-7-15(11-14)21-2/h5-7,11,16H,3-4,8-10,12-13H2,1-2H3,(H,18,20)/t16-/m0/s1. The summed E-state index contributed by atoms with van der Waals surface area (Å²) in [5.41, 5.74) is 1.16. The number of morpholine rings is 1. The lowest BCUT2D eigenvalue weighted by Crippen LogP contribution is -2.50. The van der Waals surface area contributed by atoms with Crippen LogP contribution >= 0.6 is 0 Å². The first-order valence-corrected chi connectivity index (χ1v) is 8.00. The van der Waals surface area contributed by atoms with Crippen molar-refractivity contribution in [3.63, 3.8) is 0 Å². The minimum Gasteiger partial charge on any atom is -0.497 e. The maximum atomic E-state index is 12.1. The molecule has 0 aliphatic carbocycles. The number of methoxy groups -OCH3 is 1. The van der Waals surface area contributed by atoms with E-state index in [0.717, 1.165) is 37.1 Å². The molecular formula is C17H26N2O3. The van der Waals surface area contributed by atoms with Gasteiger partial charge in [-0.15, -0.1) is 0 Å². The molecule has 0 spiro atoms. The van der Waals surface area contributed by atoms with E-state index in [0.29, 0.717) is 19.7 Å². The lowest BCUT2D eigenvalue weighted by Gasteiger charge is -2.33. The molecule has 0 aromatic heterocycles. The number of benzene rings is 1. The number of unbranched alkanes of at least 4 members (excludes halogenated alkanes) is 1. The predicted octanol–water partition coefficient (Wildman–Crippen LogP) is 2.45. The number of hydrogen-bond acceptors (Lipinski definition) is 3. The van der Waals surface area contributed by atoms with Gasteiger partial charge in [-0.25, -0.2) is 4.79 Å². The van der Waals surface area contributed by atoms with E-state index in [4.69, 9.17) is 9.47 Å². The number of rotatable bonds is 6. The third-order valence-electron chi connectivity index (χ3n) is 3.83. The SMILES string of the molecule is CCCCNC(=O)N1CCO[C@@H](Cc2cccc(OC)c2)C1. The van der Waals surface area contributed by atoms with Gasteiger partial charge in [0.05, 0.1) is 19.8 Å². The van der Waals surface area contributed by atoms with Crippen molar-refractivity contribution in [1.29, 1.82) is 0 Å². The summed E-state index contributed by atoms with van der Waals surface area (Å²) in [6.07, 6.45) is 2.93. The van der Waals surface area contributed by atoms with Crippen molar-refractivity contribution < 1.29 is 14.3 Å². The Morgan fingerprint density at radius 3 is 3.14 bits per heavy atom. The van der Waals surface area contributed by atoms with Crippen LogP contribution in [0.15, 0.2) is 24.3 Å². The molecule has 0 unspecified atom stereocenters. The monoisotopic (exact) mass is 306 g/mol. The fourth-order valence-electron chi connectivity index (χ4n) is 2.57. The molecule has 0 saturated carbocycles. The minimum absolute atomic E-state index is 0.0207. The highest BCUT2D eigenvalue weighted by Gasteiger charge is 2.24. The summed E-state index contributed by atoms with van der Waals surface area (Å²) < 4.78 is 11.0. The van der Waals surface area contributed by atoms with Gasteiger partial charge in [0.2, 0.25) is 0 Å². The van der Waals surface area contributed by atoms with Gasteiger partial charge in [-0.3, -0.25) is 0 Å². The summed E-state index contributed by atoms with van der Waals surface area (Å²) in [6, 6.07) is 8.01. The lowest BCUT2D eigenvalue weighted by molar-refractivity contribution is -0.0132. The first-order chi connectivity index (χ1) is 10.7. The zero-order valence-corrected chi connectivity index (χ0v) is 13.5. The van der Waals surface area contributed by atoms with E-state index in [1.807, 2.05) is 23.1 Å². The molecule has 0 bridgehead atoms. The van der Waals surface area contributed by atoms with E-state index in [-0.39, 0.29) is 12.1 Å². The number of ether oxygens (including phenoxy) is 2. The van der Waals surface area contributed by atoms with Crippen LogP contribution in [0.2, 0.25) is 0 Å². The molecule has 5 heteroatoms. The van der Waals surface area contributed by atoms with Crippen LogP contribution in [0, 0.1) is 0 Å². The van der Waals surface area contributed by atoms with E-state index in [2.05, 4.69) is 18.3 Å². The zero-order valence-electron chi connectivity index (χ0n) is 13.5. The van der Waals surface area contributed by atoms with Crippen molar-refractivity contribution in [1.82, 2.24) is 10.2 Å². The van der Waals surface area contributed by atoms with Gasteiger partial charge in [0.25, 0.3) is 0 Å². The topological polar surface area (TPSA) is 50.8 Å². The van der Waals surface area contributed by atoms with Gasteiger partial charge in [0, 0.05) is 26.1 Å². The first-order valence-electron chi connectivity index (χ1n) is 8.00. The van der Waals surface area contributed by atoms with Crippen LogP contribution in [0.25, 0.3) is 0 Å². The number of carbonyl (C=O) groups excluding carboxylic acids is 1. The van der Waals surface area contributed by atoms with Gasteiger partial charge in [0.1, 0.15) is 5.75 Å². The zero-order chi connectivity index (χ0) is 15.8. The molecule has 1 saturated heterocycles. The summed E-state index contributed by atoms with van der Waals surface area (Å²) in [5, 5.41) is 2.97. The van der Waals surface area contributed by atoms with Crippen LogP contribution in [-0.2, 0) is 11.2 Å². The van der Waals surface area contributed by atoms with Crippen molar-refractivity contribution in [3.8, 4) is 5.75 Å². The van der Waals surface area contributed by atoms with Crippen molar-refractivity contribution in [2.45, 2.75) is 32.3 Å². The average Bonchev–Trinajstić information content (AvgIpc) is 2.55. The third kappa shape index (κ3) is 4.91. The second-order valence-corrected chi connectivity index (χ2v) is 5.58. The molecule has 122 valence electrons.